The molecule has 1 fully saturated rings. The third-order valence-corrected chi connectivity index (χ3v) is 6.30. The molecule has 1 aliphatic carbocycles. The SMILES string of the molecule is COC(=O)c1sc2nc(C)nc(NC(c3ccc(OC)cc3)C3CC3)c2c1C. The predicted octanol–water partition coefficient (Wildman–Crippen LogP) is 4.67. The van der Waals surface area contributed by atoms with Crippen LogP contribution in [-0.4, -0.2) is 30.2 Å². The van der Waals surface area contributed by atoms with Gasteiger partial charge in [0.05, 0.1) is 25.6 Å². The number of nitrogens with one attached hydrogen (secondary N) is 1. The van der Waals surface area contributed by atoms with Gasteiger partial charge in [0.2, 0.25) is 0 Å². The Balaban J connectivity index is 1.76. The second kappa shape index (κ2) is 7.39. The molecule has 0 saturated heterocycles. The lowest BCUT2D eigenvalue weighted by molar-refractivity contribution is 0.0605. The van der Waals surface area contributed by atoms with Crippen LogP contribution in [0.4, 0.5) is 5.82 Å². The maximum absolute atomic E-state index is 12.1. The van der Waals surface area contributed by atoms with Gasteiger partial charge in [0.25, 0.3) is 0 Å². The Kier molecular flexibility index (Phi) is 4.93. The van der Waals surface area contributed by atoms with Gasteiger partial charge in [0.15, 0.2) is 0 Å². The van der Waals surface area contributed by atoms with Gasteiger partial charge >= 0.3 is 5.97 Å². The van der Waals surface area contributed by atoms with Gasteiger partial charge in [-0.3, -0.25) is 0 Å². The molecule has 3 aromatic rings. The summed E-state index contributed by atoms with van der Waals surface area (Å²) in [6.45, 7) is 3.80. The number of carbonyl (C=O) groups is 1. The summed E-state index contributed by atoms with van der Waals surface area (Å²) < 4.78 is 10.2. The first-order chi connectivity index (χ1) is 13.5. The molecule has 2 aromatic heterocycles. The number of aromatic nitrogens is 2. The van der Waals surface area contributed by atoms with E-state index in [0.29, 0.717) is 16.6 Å². The van der Waals surface area contributed by atoms with Gasteiger partial charge in [-0.2, -0.15) is 0 Å². The Hall–Kier alpha value is -2.67. The van der Waals surface area contributed by atoms with Crippen molar-refractivity contribution in [2.45, 2.75) is 32.7 Å². The van der Waals surface area contributed by atoms with E-state index in [0.717, 1.165) is 27.3 Å². The molecule has 1 N–H and O–H groups in total. The van der Waals surface area contributed by atoms with Gasteiger partial charge in [0, 0.05) is 0 Å². The molecule has 0 spiro atoms. The van der Waals surface area contributed by atoms with Gasteiger partial charge in [-0.1, -0.05) is 12.1 Å². The van der Waals surface area contributed by atoms with Crippen LogP contribution < -0.4 is 10.1 Å². The van der Waals surface area contributed by atoms with Crippen LogP contribution in [0.1, 0.15) is 45.5 Å². The third kappa shape index (κ3) is 3.42. The minimum atomic E-state index is -0.335. The number of fused-ring (bicyclic) bond motifs is 1. The smallest absolute Gasteiger partial charge is 0.348 e. The van der Waals surface area contributed by atoms with Crippen molar-refractivity contribution in [2.75, 3.05) is 19.5 Å². The molecule has 0 aliphatic heterocycles. The molecule has 6 nitrogen and oxygen atoms in total. The normalized spacial score (nSPS) is 14.7. The molecule has 0 bridgehead atoms. The summed E-state index contributed by atoms with van der Waals surface area (Å²) in [4.78, 5) is 22.7. The van der Waals surface area contributed by atoms with Gasteiger partial charge in [-0.25, -0.2) is 14.8 Å². The van der Waals surface area contributed by atoms with Crippen molar-refractivity contribution < 1.29 is 14.3 Å². The topological polar surface area (TPSA) is 73.3 Å². The standard InChI is InChI=1S/C21H23N3O3S/c1-11-16-19(22-12(2)23-20(16)28-18(11)21(25)27-4)24-17(13-5-6-13)14-7-9-15(26-3)10-8-14/h7-10,13,17H,5-6H2,1-4H3,(H,22,23,24). The van der Waals surface area contributed by atoms with Crippen LogP contribution in [-0.2, 0) is 4.74 Å². The lowest BCUT2D eigenvalue weighted by Gasteiger charge is -2.21. The summed E-state index contributed by atoms with van der Waals surface area (Å²) in [6, 6.07) is 8.32. The van der Waals surface area contributed by atoms with Gasteiger partial charge in [0.1, 0.15) is 27.1 Å². The van der Waals surface area contributed by atoms with Crippen LogP contribution in [0.2, 0.25) is 0 Å². The van der Waals surface area contributed by atoms with Crippen molar-refractivity contribution in [3.05, 3.63) is 46.1 Å². The fourth-order valence-electron chi connectivity index (χ4n) is 3.50. The van der Waals surface area contributed by atoms with Crippen molar-refractivity contribution in [3.8, 4) is 5.75 Å². The molecule has 4 rings (SSSR count). The van der Waals surface area contributed by atoms with Crippen molar-refractivity contribution in [1.82, 2.24) is 9.97 Å². The molecule has 0 amide bonds. The first kappa shape index (κ1) is 18.7. The molecule has 1 saturated carbocycles. The summed E-state index contributed by atoms with van der Waals surface area (Å²) >= 11 is 1.35. The zero-order chi connectivity index (χ0) is 19.8. The first-order valence-corrected chi connectivity index (χ1v) is 10.1. The maximum Gasteiger partial charge on any atom is 0.348 e. The zero-order valence-electron chi connectivity index (χ0n) is 16.4. The predicted molar refractivity (Wildman–Crippen MR) is 110 cm³/mol. The maximum atomic E-state index is 12.1. The Labute approximate surface area is 167 Å². The summed E-state index contributed by atoms with van der Waals surface area (Å²) in [6.07, 6.45) is 2.37. The molecule has 1 aliphatic rings. The van der Waals surface area contributed by atoms with E-state index in [-0.39, 0.29) is 12.0 Å². The van der Waals surface area contributed by atoms with Crippen molar-refractivity contribution in [2.24, 2.45) is 5.92 Å². The van der Waals surface area contributed by atoms with Crippen molar-refractivity contribution >= 4 is 33.3 Å². The molecule has 2 heterocycles. The van der Waals surface area contributed by atoms with E-state index in [2.05, 4.69) is 27.4 Å². The number of rotatable bonds is 6. The van der Waals surface area contributed by atoms with Gasteiger partial charge < -0.3 is 14.8 Å². The number of nitrogens with zero attached hydrogens (tertiary/aromatic N) is 2. The van der Waals surface area contributed by atoms with E-state index in [1.54, 1.807) is 7.11 Å². The number of methoxy groups -OCH3 is 2. The van der Waals surface area contributed by atoms with Crippen LogP contribution in [0.3, 0.4) is 0 Å². The number of aryl methyl sites for hydroxylation is 2. The highest BCUT2D eigenvalue weighted by Crippen LogP contribution is 2.44. The van der Waals surface area contributed by atoms with E-state index < -0.39 is 0 Å². The number of anilines is 1. The van der Waals surface area contributed by atoms with Gasteiger partial charge in [-0.15, -0.1) is 11.3 Å². The highest BCUT2D eigenvalue weighted by molar-refractivity contribution is 7.20. The number of carbonyl (C=O) groups excluding carboxylic acids is 1. The van der Waals surface area contributed by atoms with Crippen molar-refractivity contribution in [1.29, 1.82) is 0 Å². The molecule has 28 heavy (non-hydrogen) atoms. The summed E-state index contributed by atoms with van der Waals surface area (Å²) in [5.41, 5.74) is 2.06. The number of hydrogen-bond donors (Lipinski definition) is 1. The number of hydrogen-bond acceptors (Lipinski definition) is 7. The first-order valence-electron chi connectivity index (χ1n) is 9.28. The Morgan fingerprint density at radius 1 is 1.18 bits per heavy atom. The molecule has 1 unspecified atom stereocenters. The van der Waals surface area contributed by atoms with Crippen LogP contribution in [0, 0.1) is 19.8 Å². The molecule has 1 atom stereocenters. The van der Waals surface area contributed by atoms with Crippen LogP contribution >= 0.6 is 11.3 Å². The molecule has 0 radical (unpaired) electrons. The molecule has 7 heteroatoms. The molecule has 146 valence electrons. The Morgan fingerprint density at radius 2 is 1.89 bits per heavy atom. The second-order valence-corrected chi connectivity index (χ2v) is 8.08. The van der Waals surface area contributed by atoms with Crippen LogP contribution in [0.25, 0.3) is 10.2 Å². The second-order valence-electron chi connectivity index (χ2n) is 7.08. The van der Waals surface area contributed by atoms with E-state index in [4.69, 9.17) is 9.47 Å². The number of esters is 1. The highest BCUT2D eigenvalue weighted by Gasteiger charge is 2.33. The fraction of sp³-hybridized carbons (Fsp3) is 0.381. The third-order valence-electron chi connectivity index (χ3n) is 5.13. The lowest BCUT2D eigenvalue weighted by atomic mass is 10.0. The average Bonchev–Trinajstić information content (AvgIpc) is 3.49. The molecular weight excluding hydrogens is 374 g/mol. The summed E-state index contributed by atoms with van der Waals surface area (Å²) in [5.74, 6) is 2.53. The van der Waals surface area contributed by atoms with E-state index >= 15 is 0 Å². The lowest BCUT2D eigenvalue weighted by Crippen LogP contribution is -2.15. The monoisotopic (exact) mass is 397 g/mol. The summed E-state index contributed by atoms with van der Waals surface area (Å²) in [5, 5.41) is 4.55. The van der Waals surface area contributed by atoms with E-state index in [1.165, 1.54) is 36.9 Å². The minimum Gasteiger partial charge on any atom is -0.497 e. The molecular formula is C21H23N3O3S. The number of benzene rings is 1. The Morgan fingerprint density at radius 3 is 2.50 bits per heavy atom. The largest absolute Gasteiger partial charge is 0.497 e. The highest BCUT2D eigenvalue weighted by atomic mass is 32.1. The summed E-state index contributed by atoms with van der Waals surface area (Å²) in [7, 11) is 3.07. The van der Waals surface area contributed by atoms with Crippen molar-refractivity contribution in [3.63, 3.8) is 0 Å². The minimum absolute atomic E-state index is 0.157. The zero-order valence-corrected chi connectivity index (χ0v) is 17.2. The fourth-order valence-corrected chi connectivity index (χ4v) is 4.64. The Bertz CT molecular complexity index is 1030. The average molecular weight is 398 g/mol. The van der Waals surface area contributed by atoms with E-state index in [1.807, 2.05) is 26.0 Å². The van der Waals surface area contributed by atoms with Gasteiger partial charge in [-0.05, 0) is 55.9 Å². The number of thiophene rings is 1. The quantitative estimate of drug-likeness (QED) is 0.610. The molecule has 1 aromatic carbocycles. The van der Waals surface area contributed by atoms with Crippen LogP contribution in [0.5, 0.6) is 5.75 Å². The number of ether oxygens (including phenoxy) is 2. The van der Waals surface area contributed by atoms with E-state index in [9.17, 15) is 4.79 Å². The van der Waals surface area contributed by atoms with Crippen LogP contribution in [0.15, 0.2) is 24.3 Å².